The first-order valence-corrected chi connectivity index (χ1v) is 18.9. The Balaban J connectivity index is 0.875. The zero-order chi connectivity index (χ0) is 36.0. The molecule has 0 radical (unpaired) electrons. The molecule has 7 heteroatoms. The fraction of sp³-hybridized carbons (Fsp3) is 0.356. The van der Waals surface area contributed by atoms with Gasteiger partial charge in [-0.1, -0.05) is 74.5 Å². The van der Waals surface area contributed by atoms with Crippen LogP contribution in [0.3, 0.4) is 0 Å². The minimum absolute atomic E-state index is 0.268. The lowest BCUT2D eigenvalue weighted by Gasteiger charge is -2.07. The number of rotatable bonds is 22. The van der Waals surface area contributed by atoms with Crippen molar-refractivity contribution < 1.29 is 32.6 Å². The van der Waals surface area contributed by atoms with Crippen LogP contribution in [0.1, 0.15) is 92.7 Å². The highest BCUT2D eigenvalue weighted by molar-refractivity contribution is 6.07. The minimum atomic E-state index is -0.281. The molecule has 0 N–H and O–H groups in total. The first-order chi connectivity index (χ1) is 25.6. The molecule has 0 bridgehead atoms. The van der Waals surface area contributed by atoms with E-state index >= 15 is 0 Å². The first kappa shape index (κ1) is 36.6. The van der Waals surface area contributed by atoms with Crippen molar-refractivity contribution in [1.82, 2.24) is 0 Å². The van der Waals surface area contributed by atoms with Crippen LogP contribution < -0.4 is 18.9 Å². The van der Waals surface area contributed by atoms with Crippen molar-refractivity contribution in [3.8, 4) is 23.4 Å². The summed E-state index contributed by atoms with van der Waals surface area (Å²) in [5.41, 5.74) is 1.60. The molecule has 0 unspecified atom stereocenters. The Morgan fingerprint density at radius 1 is 0.462 bits per heavy atom. The van der Waals surface area contributed by atoms with E-state index in [-0.39, 0.29) is 17.3 Å². The molecule has 0 aliphatic carbocycles. The van der Waals surface area contributed by atoms with Crippen LogP contribution in [0.5, 0.6) is 23.4 Å². The molecule has 0 aliphatic rings. The van der Waals surface area contributed by atoms with Crippen LogP contribution in [0.25, 0.3) is 21.5 Å². The highest BCUT2D eigenvalue weighted by Crippen LogP contribution is 2.30. The second-order valence-electron chi connectivity index (χ2n) is 13.1. The van der Waals surface area contributed by atoms with E-state index in [4.69, 9.17) is 27.8 Å². The van der Waals surface area contributed by atoms with Crippen molar-refractivity contribution in [2.24, 2.45) is 0 Å². The number of carbonyl (C=O) groups excluding carboxylic acids is 1. The van der Waals surface area contributed by atoms with Gasteiger partial charge in [-0.05, 0) is 110 Å². The number of aryl methyl sites for hydroxylation is 2. The molecule has 6 rings (SSSR count). The van der Waals surface area contributed by atoms with Crippen molar-refractivity contribution in [3.05, 3.63) is 120 Å². The normalized spacial score (nSPS) is 11.3. The minimum Gasteiger partial charge on any atom is -0.494 e. The summed E-state index contributed by atoms with van der Waals surface area (Å²) in [6.07, 6.45) is 9.14. The van der Waals surface area contributed by atoms with E-state index in [2.05, 4.69) is 48.5 Å². The number of fused-ring (bicyclic) bond motifs is 2. The molecule has 0 saturated heterocycles. The molecule has 2 aromatic heterocycles. The van der Waals surface area contributed by atoms with Crippen molar-refractivity contribution in [3.63, 3.8) is 0 Å². The molecule has 0 amide bonds. The summed E-state index contributed by atoms with van der Waals surface area (Å²) in [7, 11) is 0. The molecule has 4 aromatic carbocycles. The van der Waals surface area contributed by atoms with Gasteiger partial charge in [0.1, 0.15) is 11.5 Å². The van der Waals surface area contributed by atoms with Crippen LogP contribution in [-0.2, 0) is 12.8 Å². The van der Waals surface area contributed by atoms with E-state index in [1.54, 1.807) is 0 Å². The van der Waals surface area contributed by atoms with Gasteiger partial charge in [0.05, 0.1) is 26.4 Å². The highest BCUT2D eigenvalue weighted by atomic mass is 16.6. The van der Waals surface area contributed by atoms with E-state index in [1.165, 1.54) is 21.5 Å². The van der Waals surface area contributed by atoms with Gasteiger partial charge in [-0.25, -0.2) is 0 Å². The van der Waals surface area contributed by atoms with Gasteiger partial charge >= 0.3 is 0 Å². The average Bonchev–Trinajstić information content (AvgIpc) is 3.80. The Hall–Kier alpha value is -5.17. The fourth-order valence-corrected chi connectivity index (χ4v) is 6.32. The Morgan fingerprint density at radius 2 is 0.846 bits per heavy atom. The van der Waals surface area contributed by atoms with E-state index < -0.39 is 0 Å². The second-order valence-corrected chi connectivity index (χ2v) is 13.1. The number of benzene rings is 4. The molecule has 0 spiro atoms. The highest BCUT2D eigenvalue weighted by Gasteiger charge is 2.26. The maximum atomic E-state index is 13.6. The van der Waals surface area contributed by atoms with E-state index in [0.717, 1.165) is 74.0 Å². The Labute approximate surface area is 306 Å². The number of unbranched alkanes of at least 4 members (excludes halogenated alkanes) is 6. The lowest BCUT2D eigenvalue weighted by molar-refractivity contribution is 0.0962. The van der Waals surface area contributed by atoms with Gasteiger partial charge in [0, 0.05) is 23.3 Å². The smallest absolute Gasteiger partial charge is 0.285 e. The number of hydrogen-bond acceptors (Lipinski definition) is 7. The largest absolute Gasteiger partial charge is 0.494 e. The standard InChI is InChI=1S/C45H50O7/c1-3-33-31-41(49-27-15-7-5-13-25-47-39-23-21-35-17-9-11-19-37(35)29-39)51-44(33)43(46)45-34(4-2)32-42(52-45)50-28-16-8-6-14-26-48-40-24-22-36-18-10-12-20-38(36)30-40/h9-12,17-24,29-32H,3-8,13-16,25-28H2,1-2H3. The average molecular weight is 703 g/mol. The molecule has 0 atom stereocenters. The van der Waals surface area contributed by atoms with Crippen LogP contribution in [0.15, 0.2) is 106 Å². The summed E-state index contributed by atoms with van der Waals surface area (Å²) in [5.74, 6) is 2.80. The SMILES string of the molecule is CCc1cc(OCCCCCCOc2ccc3ccccc3c2)oc1C(=O)c1oc(OCCCCCCOc2ccc3ccccc3c2)cc1CC. The van der Waals surface area contributed by atoms with Gasteiger partial charge in [0.2, 0.25) is 0 Å². The van der Waals surface area contributed by atoms with Gasteiger partial charge in [-0.3, -0.25) is 4.79 Å². The third-order valence-electron chi connectivity index (χ3n) is 9.29. The summed E-state index contributed by atoms with van der Waals surface area (Å²) >= 11 is 0. The first-order valence-electron chi connectivity index (χ1n) is 18.9. The maximum Gasteiger partial charge on any atom is 0.285 e. The predicted molar refractivity (Wildman–Crippen MR) is 206 cm³/mol. The maximum absolute atomic E-state index is 13.6. The van der Waals surface area contributed by atoms with Crippen molar-refractivity contribution >= 4 is 27.3 Å². The molecule has 0 saturated carbocycles. The van der Waals surface area contributed by atoms with Crippen molar-refractivity contribution in [2.45, 2.75) is 78.1 Å². The second kappa shape index (κ2) is 18.9. The molecule has 6 aromatic rings. The van der Waals surface area contributed by atoms with Gasteiger partial charge in [-0.2, -0.15) is 0 Å². The Bertz CT molecular complexity index is 1880. The molecule has 0 aliphatic heterocycles. The molecular formula is C45H50O7. The Kier molecular flexibility index (Phi) is 13.3. The number of ketones is 1. The van der Waals surface area contributed by atoms with Crippen LogP contribution in [0, 0.1) is 0 Å². The van der Waals surface area contributed by atoms with Crippen LogP contribution >= 0.6 is 0 Å². The number of hydrogen-bond donors (Lipinski definition) is 0. The third-order valence-corrected chi connectivity index (χ3v) is 9.29. The molecular weight excluding hydrogens is 652 g/mol. The topological polar surface area (TPSA) is 80.3 Å². The van der Waals surface area contributed by atoms with Crippen molar-refractivity contribution in [2.75, 3.05) is 26.4 Å². The van der Waals surface area contributed by atoms with Crippen LogP contribution in [0.4, 0.5) is 0 Å². The molecule has 0 fully saturated rings. The fourth-order valence-electron chi connectivity index (χ4n) is 6.32. The summed E-state index contributed by atoms with van der Waals surface area (Å²) in [5, 5.41) is 4.81. The molecule has 7 nitrogen and oxygen atoms in total. The lowest BCUT2D eigenvalue weighted by Crippen LogP contribution is -2.04. The van der Waals surface area contributed by atoms with Crippen molar-refractivity contribution in [1.29, 1.82) is 0 Å². The number of ether oxygens (including phenoxy) is 4. The molecule has 272 valence electrons. The van der Waals surface area contributed by atoms with E-state index in [1.807, 2.05) is 62.4 Å². The van der Waals surface area contributed by atoms with Gasteiger partial charge < -0.3 is 27.8 Å². The zero-order valence-electron chi connectivity index (χ0n) is 30.5. The van der Waals surface area contributed by atoms with Gasteiger partial charge in [0.25, 0.3) is 17.7 Å². The van der Waals surface area contributed by atoms with Gasteiger partial charge in [-0.15, -0.1) is 0 Å². The quantitative estimate of drug-likeness (QED) is 0.0514. The molecule has 52 heavy (non-hydrogen) atoms. The molecule has 2 heterocycles. The third kappa shape index (κ3) is 9.99. The van der Waals surface area contributed by atoms with Crippen LogP contribution in [-0.4, -0.2) is 32.2 Å². The zero-order valence-corrected chi connectivity index (χ0v) is 30.5. The number of furan rings is 2. The summed E-state index contributed by atoms with van der Waals surface area (Å²) in [4.78, 5) is 13.6. The monoisotopic (exact) mass is 702 g/mol. The summed E-state index contributed by atoms with van der Waals surface area (Å²) in [6, 6.07) is 32.7. The summed E-state index contributed by atoms with van der Waals surface area (Å²) in [6.45, 7) is 6.41. The van der Waals surface area contributed by atoms with Crippen LogP contribution in [0.2, 0.25) is 0 Å². The Morgan fingerprint density at radius 3 is 1.25 bits per heavy atom. The summed E-state index contributed by atoms with van der Waals surface area (Å²) < 4.78 is 35.6. The van der Waals surface area contributed by atoms with E-state index in [9.17, 15) is 4.79 Å². The predicted octanol–water partition coefficient (Wildman–Crippen LogP) is 11.6. The van der Waals surface area contributed by atoms with Gasteiger partial charge in [0.15, 0.2) is 11.5 Å². The number of carbonyl (C=O) groups is 1. The lowest BCUT2D eigenvalue weighted by atomic mass is 10.1. The van der Waals surface area contributed by atoms with E-state index in [0.29, 0.717) is 51.2 Å².